The fourth-order valence-electron chi connectivity index (χ4n) is 1.79. The van der Waals surface area contributed by atoms with Crippen LogP contribution in [0, 0.1) is 6.92 Å². The molecule has 1 rings (SSSR count). The summed E-state index contributed by atoms with van der Waals surface area (Å²) in [6, 6.07) is 5.13. The molecule has 1 atom stereocenters. The summed E-state index contributed by atoms with van der Waals surface area (Å²) in [4.78, 5) is 11.9. The van der Waals surface area contributed by atoms with E-state index >= 15 is 0 Å². The van der Waals surface area contributed by atoms with Crippen molar-refractivity contribution in [1.29, 1.82) is 0 Å². The molecule has 0 bridgehead atoms. The van der Waals surface area contributed by atoms with E-state index < -0.39 is 5.60 Å². The maximum Gasteiger partial charge on any atom is 0.251 e. The first-order valence-corrected chi connectivity index (χ1v) is 6.50. The minimum absolute atomic E-state index is 0.189. The van der Waals surface area contributed by atoms with Crippen molar-refractivity contribution in [2.45, 2.75) is 39.2 Å². The zero-order chi connectivity index (χ0) is 13.8. The number of carbonyl (C=O) groups excluding carboxylic acids is 1. The second-order valence-electron chi connectivity index (χ2n) is 4.89. The lowest BCUT2D eigenvalue weighted by Crippen LogP contribution is -2.40. The van der Waals surface area contributed by atoms with Gasteiger partial charge in [0.2, 0.25) is 0 Å². The summed E-state index contributed by atoms with van der Waals surface area (Å²) < 4.78 is 0. The molecule has 1 amide bonds. The van der Waals surface area contributed by atoms with Crippen molar-refractivity contribution in [2.24, 2.45) is 0 Å². The Morgan fingerprint density at radius 1 is 1.50 bits per heavy atom. The highest BCUT2D eigenvalue weighted by Crippen LogP contribution is 2.16. The molecule has 0 aliphatic carbocycles. The fourth-order valence-corrected chi connectivity index (χ4v) is 1.90. The Hall–Kier alpha value is -1.06. The Kier molecular flexibility index (Phi) is 5.17. The van der Waals surface area contributed by atoms with Crippen LogP contribution in [0.2, 0.25) is 5.02 Å². The molecule has 2 N–H and O–H groups in total. The zero-order valence-corrected chi connectivity index (χ0v) is 11.8. The average Bonchev–Trinajstić information content (AvgIpc) is 2.30. The third-order valence-electron chi connectivity index (χ3n) is 2.84. The number of aryl methyl sites for hydroxylation is 1. The lowest BCUT2D eigenvalue weighted by Gasteiger charge is -2.22. The molecule has 0 aliphatic heterocycles. The zero-order valence-electron chi connectivity index (χ0n) is 11.1. The molecule has 3 nitrogen and oxygen atoms in total. The predicted octanol–water partition coefficient (Wildman–Crippen LogP) is 2.93. The largest absolute Gasteiger partial charge is 0.388 e. The highest BCUT2D eigenvalue weighted by Gasteiger charge is 2.20. The Morgan fingerprint density at radius 3 is 2.72 bits per heavy atom. The van der Waals surface area contributed by atoms with E-state index in [1.54, 1.807) is 25.1 Å². The minimum Gasteiger partial charge on any atom is -0.388 e. The summed E-state index contributed by atoms with van der Waals surface area (Å²) in [7, 11) is 0. The van der Waals surface area contributed by atoms with E-state index in [-0.39, 0.29) is 12.5 Å². The van der Waals surface area contributed by atoms with Gasteiger partial charge in [0.15, 0.2) is 0 Å². The number of hydrogen-bond acceptors (Lipinski definition) is 2. The molecule has 0 saturated heterocycles. The molecule has 0 spiro atoms. The Balaban J connectivity index is 2.63. The first-order chi connectivity index (χ1) is 8.35. The highest BCUT2D eigenvalue weighted by molar-refractivity contribution is 6.31. The molecule has 0 aliphatic rings. The van der Waals surface area contributed by atoms with Gasteiger partial charge >= 0.3 is 0 Å². The Labute approximate surface area is 113 Å². The van der Waals surface area contributed by atoms with Crippen LogP contribution in [-0.2, 0) is 0 Å². The van der Waals surface area contributed by atoms with Gasteiger partial charge in [-0.05, 0) is 44.0 Å². The summed E-state index contributed by atoms with van der Waals surface area (Å²) in [5.74, 6) is -0.189. The lowest BCUT2D eigenvalue weighted by atomic mass is 10.0. The van der Waals surface area contributed by atoms with E-state index in [2.05, 4.69) is 5.32 Å². The number of benzene rings is 1. The standard InChI is InChI=1S/C14H20ClNO2/c1-4-7-14(3,18)9-16-13(17)11-5-6-12(15)10(2)8-11/h5-6,8,18H,4,7,9H2,1-3H3,(H,16,17). The van der Waals surface area contributed by atoms with Crippen molar-refractivity contribution >= 4 is 17.5 Å². The number of halogens is 1. The van der Waals surface area contributed by atoms with Crippen LogP contribution in [0.3, 0.4) is 0 Å². The van der Waals surface area contributed by atoms with Gasteiger partial charge in [-0.1, -0.05) is 24.9 Å². The lowest BCUT2D eigenvalue weighted by molar-refractivity contribution is 0.0469. The van der Waals surface area contributed by atoms with E-state index in [1.165, 1.54) is 0 Å². The molecule has 0 fully saturated rings. The Bertz CT molecular complexity index is 430. The van der Waals surface area contributed by atoms with Crippen molar-refractivity contribution in [3.05, 3.63) is 34.3 Å². The maximum absolute atomic E-state index is 11.9. The predicted molar refractivity (Wildman–Crippen MR) is 74.1 cm³/mol. The second-order valence-corrected chi connectivity index (χ2v) is 5.30. The number of amides is 1. The van der Waals surface area contributed by atoms with Crippen LogP contribution in [0.25, 0.3) is 0 Å². The molecule has 4 heteroatoms. The fraction of sp³-hybridized carbons (Fsp3) is 0.500. The van der Waals surface area contributed by atoms with Gasteiger partial charge in [-0.3, -0.25) is 4.79 Å². The molecule has 0 heterocycles. The van der Waals surface area contributed by atoms with Crippen molar-refractivity contribution in [2.75, 3.05) is 6.54 Å². The second kappa shape index (κ2) is 6.21. The maximum atomic E-state index is 11.9. The molecule has 0 aromatic heterocycles. The first-order valence-electron chi connectivity index (χ1n) is 6.12. The van der Waals surface area contributed by atoms with Gasteiger partial charge in [0.05, 0.1) is 5.60 Å². The topological polar surface area (TPSA) is 49.3 Å². The molecular weight excluding hydrogens is 250 g/mol. The van der Waals surface area contributed by atoms with E-state index in [1.807, 2.05) is 13.8 Å². The molecule has 1 aromatic carbocycles. The number of carbonyl (C=O) groups is 1. The van der Waals surface area contributed by atoms with Crippen LogP contribution in [0.5, 0.6) is 0 Å². The summed E-state index contributed by atoms with van der Waals surface area (Å²) in [6.45, 7) is 5.83. The summed E-state index contributed by atoms with van der Waals surface area (Å²) in [5, 5.41) is 13.4. The monoisotopic (exact) mass is 269 g/mol. The third-order valence-corrected chi connectivity index (χ3v) is 3.26. The van der Waals surface area contributed by atoms with Crippen LogP contribution < -0.4 is 5.32 Å². The van der Waals surface area contributed by atoms with Crippen molar-refractivity contribution in [1.82, 2.24) is 5.32 Å². The molecule has 100 valence electrons. The molecule has 0 saturated carbocycles. The molecule has 1 aromatic rings. The Morgan fingerprint density at radius 2 is 2.17 bits per heavy atom. The first kappa shape index (κ1) is 15.0. The van der Waals surface area contributed by atoms with Crippen LogP contribution in [-0.4, -0.2) is 23.2 Å². The number of nitrogens with one attached hydrogen (secondary N) is 1. The number of aliphatic hydroxyl groups is 1. The highest BCUT2D eigenvalue weighted by atomic mass is 35.5. The number of hydrogen-bond donors (Lipinski definition) is 2. The van der Waals surface area contributed by atoms with Gasteiger partial charge in [-0.2, -0.15) is 0 Å². The summed E-state index contributed by atoms with van der Waals surface area (Å²) in [6.07, 6.45) is 1.54. The van der Waals surface area contributed by atoms with Crippen LogP contribution in [0.15, 0.2) is 18.2 Å². The quantitative estimate of drug-likeness (QED) is 0.863. The van der Waals surface area contributed by atoms with Gasteiger partial charge in [-0.15, -0.1) is 0 Å². The van der Waals surface area contributed by atoms with E-state index in [0.717, 1.165) is 12.0 Å². The van der Waals surface area contributed by atoms with Gasteiger partial charge in [0.1, 0.15) is 0 Å². The van der Waals surface area contributed by atoms with Gasteiger partial charge < -0.3 is 10.4 Å². The van der Waals surface area contributed by atoms with Gasteiger partial charge in [-0.25, -0.2) is 0 Å². The van der Waals surface area contributed by atoms with Crippen molar-refractivity contribution in [3.8, 4) is 0 Å². The van der Waals surface area contributed by atoms with E-state index in [9.17, 15) is 9.90 Å². The van der Waals surface area contributed by atoms with Crippen molar-refractivity contribution in [3.63, 3.8) is 0 Å². The third kappa shape index (κ3) is 4.31. The SMILES string of the molecule is CCCC(C)(O)CNC(=O)c1ccc(Cl)c(C)c1. The molecule has 0 radical (unpaired) electrons. The van der Waals surface area contributed by atoms with Crippen LogP contribution in [0.1, 0.15) is 42.6 Å². The van der Waals surface area contributed by atoms with Gasteiger partial charge in [0, 0.05) is 17.1 Å². The van der Waals surface area contributed by atoms with Crippen LogP contribution in [0.4, 0.5) is 0 Å². The van der Waals surface area contributed by atoms with E-state index in [0.29, 0.717) is 17.0 Å². The summed E-state index contributed by atoms with van der Waals surface area (Å²) >= 11 is 5.90. The van der Waals surface area contributed by atoms with Crippen LogP contribution >= 0.6 is 11.6 Å². The normalized spacial score (nSPS) is 14.1. The molecule has 1 unspecified atom stereocenters. The molecular formula is C14H20ClNO2. The smallest absolute Gasteiger partial charge is 0.251 e. The minimum atomic E-state index is -0.855. The van der Waals surface area contributed by atoms with Crippen molar-refractivity contribution < 1.29 is 9.90 Å². The molecule has 18 heavy (non-hydrogen) atoms. The number of rotatable bonds is 5. The summed E-state index contributed by atoms with van der Waals surface area (Å²) in [5.41, 5.74) is 0.570. The van der Waals surface area contributed by atoms with E-state index in [4.69, 9.17) is 11.6 Å². The van der Waals surface area contributed by atoms with Gasteiger partial charge in [0.25, 0.3) is 5.91 Å². The average molecular weight is 270 g/mol.